The van der Waals surface area contributed by atoms with E-state index in [0.29, 0.717) is 16.3 Å². The first-order chi connectivity index (χ1) is 20.7. The molecule has 10 heteroatoms. The Bertz CT molecular complexity index is 1480. The largest absolute Gasteiger partial charge is 0.496 e. The van der Waals surface area contributed by atoms with Crippen LogP contribution in [0.3, 0.4) is 0 Å². The van der Waals surface area contributed by atoms with Crippen molar-refractivity contribution in [3.05, 3.63) is 87.9 Å². The first-order valence-electron chi connectivity index (χ1n) is 14.6. The fourth-order valence-corrected chi connectivity index (χ4v) is 6.42. The molecule has 1 heterocycles. The lowest BCUT2D eigenvalue weighted by Gasteiger charge is -2.36. The Kier molecular flexibility index (Phi) is 9.62. The zero-order chi connectivity index (χ0) is 30.6. The molecule has 0 radical (unpaired) electrons. The Balaban J connectivity index is 1.24. The fraction of sp³-hybridized carbons (Fsp3) is 0.394. The second kappa shape index (κ2) is 13.4. The normalized spacial score (nSPS) is 18.1. The van der Waals surface area contributed by atoms with Gasteiger partial charge in [-0.1, -0.05) is 54.1 Å². The average molecular weight is 614 g/mol. The molecule has 5 rings (SSSR count). The number of piperidine rings is 1. The van der Waals surface area contributed by atoms with E-state index in [9.17, 15) is 22.8 Å². The van der Waals surface area contributed by atoms with Gasteiger partial charge in [-0.2, -0.15) is 13.2 Å². The Morgan fingerprint density at radius 1 is 1.02 bits per heavy atom. The van der Waals surface area contributed by atoms with E-state index in [1.165, 1.54) is 7.11 Å². The third-order valence-electron chi connectivity index (χ3n) is 8.22. The highest BCUT2D eigenvalue weighted by molar-refractivity contribution is 6.31. The van der Waals surface area contributed by atoms with Crippen LogP contribution in [0.5, 0.6) is 5.75 Å². The van der Waals surface area contributed by atoms with E-state index in [2.05, 4.69) is 15.5 Å². The summed E-state index contributed by atoms with van der Waals surface area (Å²) in [6, 6.07) is 18.2. The van der Waals surface area contributed by atoms with Gasteiger partial charge in [-0.15, -0.1) is 0 Å². The number of nitrogens with one attached hydrogen (secondary N) is 2. The zero-order valence-corrected chi connectivity index (χ0v) is 24.7. The van der Waals surface area contributed by atoms with Crippen LogP contribution in [0.4, 0.5) is 13.2 Å². The van der Waals surface area contributed by atoms with Crippen LogP contribution in [0, 0.1) is 0 Å². The van der Waals surface area contributed by atoms with E-state index in [1.54, 1.807) is 18.2 Å². The molecule has 43 heavy (non-hydrogen) atoms. The van der Waals surface area contributed by atoms with Crippen LogP contribution >= 0.6 is 11.6 Å². The van der Waals surface area contributed by atoms with Gasteiger partial charge in [0.25, 0.3) is 5.91 Å². The van der Waals surface area contributed by atoms with Crippen LogP contribution in [-0.4, -0.2) is 55.8 Å². The minimum Gasteiger partial charge on any atom is -0.496 e. The van der Waals surface area contributed by atoms with Crippen LogP contribution in [-0.2, 0) is 11.2 Å². The number of alkyl halides is 3. The zero-order valence-electron chi connectivity index (χ0n) is 24.0. The maximum atomic E-state index is 13.1. The molecule has 2 unspecified atom stereocenters. The third kappa shape index (κ3) is 7.16. The van der Waals surface area contributed by atoms with E-state index in [1.807, 2.05) is 42.5 Å². The molecule has 2 aliphatic rings. The molecular weight excluding hydrogens is 579 g/mol. The standard InChI is InChI=1S/C33H35ClF3N3O3/c1-43-27-16-15-22(34)19-26(27)31(41)39-28-14-5-7-18-40(28)17-6-4-9-21-10-8-13-25-29(21)23-11-2-3-12-24(23)30(25)32(42)38-20-33(35,36)37/h2-3,8,10-13,15-16,19,28,30H,4-7,9,14,17-18,20H2,1H3,(H,38,42)(H,39,41). The second-order valence-corrected chi connectivity index (χ2v) is 11.5. The number of fused-ring (bicyclic) bond motifs is 3. The minimum atomic E-state index is -4.48. The molecule has 1 fully saturated rings. The van der Waals surface area contributed by atoms with Gasteiger partial charge in [-0.05, 0) is 84.5 Å². The quantitative estimate of drug-likeness (QED) is 0.250. The maximum Gasteiger partial charge on any atom is 0.405 e. The molecule has 1 aliphatic heterocycles. The molecule has 1 aliphatic carbocycles. The Morgan fingerprint density at radius 3 is 2.60 bits per heavy atom. The number of benzene rings is 3. The Morgan fingerprint density at radius 2 is 1.81 bits per heavy atom. The lowest BCUT2D eigenvalue weighted by molar-refractivity contribution is -0.138. The molecule has 2 amide bonds. The van der Waals surface area contributed by atoms with Crippen LogP contribution in [0.2, 0.25) is 5.02 Å². The molecule has 228 valence electrons. The summed E-state index contributed by atoms with van der Waals surface area (Å²) in [5.41, 5.74) is 4.80. The van der Waals surface area contributed by atoms with Crippen molar-refractivity contribution in [2.75, 3.05) is 26.7 Å². The molecule has 2 N–H and O–H groups in total. The van der Waals surface area contributed by atoms with Crippen molar-refractivity contribution in [3.8, 4) is 16.9 Å². The van der Waals surface area contributed by atoms with E-state index in [4.69, 9.17) is 16.3 Å². The van der Waals surface area contributed by atoms with Crippen molar-refractivity contribution in [3.63, 3.8) is 0 Å². The van der Waals surface area contributed by atoms with E-state index in [-0.39, 0.29) is 12.1 Å². The third-order valence-corrected chi connectivity index (χ3v) is 8.45. The maximum absolute atomic E-state index is 13.1. The fourth-order valence-electron chi connectivity index (χ4n) is 6.25. The van der Waals surface area contributed by atoms with Crippen molar-refractivity contribution < 1.29 is 27.5 Å². The number of carbonyl (C=O) groups excluding carboxylic acids is 2. The summed E-state index contributed by atoms with van der Waals surface area (Å²) >= 11 is 6.13. The van der Waals surface area contributed by atoms with Crippen molar-refractivity contribution >= 4 is 23.4 Å². The van der Waals surface area contributed by atoms with Crippen LogP contribution in [0.25, 0.3) is 11.1 Å². The van der Waals surface area contributed by atoms with E-state index < -0.39 is 24.5 Å². The number of nitrogens with zero attached hydrogens (tertiary/aromatic N) is 1. The van der Waals surface area contributed by atoms with Crippen LogP contribution < -0.4 is 15.4 Å². The predicted octanol–water partition coefficient (Wildman–Crippen LogP) is 6.70. The summed E-state index contributed by atoms with van der Waals surface area (Å²) in [5.74, 6) is -1.16. The average Bonchev–Trinajstić information content (AvgIpc) is 3.33. The minimum absolute atomic E-state index is 0.0891. The number of amides is 2. The molecule has 6 nitrogen and oxygen atoms in total. The highest BCUT2D eigenvalue weighted by atomic mass is 35.5. The number of unbranched alkanes of at least 4 members (excludes halogenated alkanes) is 1. The summed E-state index contributed by atoms with van der Waals surface area (Å²) in [4.78, 5) is 28.4. The first kappa shape index (κ1) is 30.9. The highest BCUT2D eigenvalue weighted by Gasteiger charge is 2.37. The smallest absolute Gasteiger partial charge is 0.405 e. The number of methoxy groups -OCH3 is 1. The van der Waals surface area contributed by atoms with Gasteiger partial charge >= 0.3 is 6.18 Å². The van der Waals surface area contributed by atoms with Crippen LogP contribution in [0.1, 0.15) is 65.1 Å². The Hall–Kier alpha value is -3.56. The SMILES string of the molecule is COc1ccc(Cl)cc1C(=O)NC1CCCCN1CCCCc1cccc2c1-c1ccccc1C2C(=O)NCC(F)(F)F. The first-order valence-corrected chi connectivity index (χ1v) is 15.0. The van der Waals surface area contributed by atoms with Crippen LogP contribution in [0.15, 0.2) is 60.7 Å². The number of likely N-dealkylation sites (tertiary alicyclic amines) is 1. The molecule has 0 saturated carbocycles. The van der Waals surface area contributed by atoms with Crippen molar-refractivity contribution in [1.29, 1.82) is 0 Å². The number of rotatable bonds is 10. The monoisotopic (exact) mass is 613 g/mol. The van der Waals surface area contributed by atoms with Gasteiger partial charge < -0.3 is 15.4 Å². The second-order valence-electron chi connectivity index (χ2n) is 11.1. The topological polar surface area (TPSA) is 70.7 Å². The molecule has 0 bridgehead atoms. The predicted molar refractivity (Wildman–Crippen MR) is 160 cm³/mol. The highest BCUT2D eigenvalue weighted by Crippen LogP contribution is 2.46. The van der Waals surface area contributed by atoms with Crippen molar-refractivity contribution in [1.82, 2.24) is 15.5 Å². The number of hydrogen-bond donors (Lipinski definition) is 2. The molecule has 1 saturated heterocycles. The summed E-state index contributed by atoms with van der Waals surface area (Å²) in [6.45, 7) is 0.344. The van der Waals surface area contributed by atoms with Gasteiger partial charge in [0.2, 0.25) is 5.91 Å². The summed E-state index contributed by atoms with van der Waals surface area (Å²) in [6.07, 6.45) is 0.921. The van der Waals surface area contributed by atoms with Crippen molar-refractivity contribution in [2.45, 2.75) is 56.8 Å². The summed E-state index contributed by atoms with van der Waals surface area (Å²) in [7, 11) is 1.52. The van der Waals surface area contributed by atoms with E-state index >= 15 is 0 Å². The number of halogens is 4. The van der Waals surface area contributed by atoms with Gasteiger partial charge in [-0.25, -0.2) is 0 Å². The van der Waals surface area contributed by atoms with Gasteiger partial charge in [0, 0.05) is 18.1 Å². The molecule has 2 atom stereocenters. The number of ether oxygens (including phenoxy) is 1. The van der Waals surface area contributed by atoms with Gasteiger partial charge in [0.15, 0.2) is 0 Å². The lowest BCUT2D eigenvalue weighted by Crippen LogP contribution is -2.51. The van der Waals surface area contributed by atoms with Gasteiger partial charge in [-0.3, -0.25) is 14.5 Å². The lowest BCUT2D eigenvalue weighted by atomic mass is 9.93. The Labute approximate surface area is 254 Å². The molecule has 3 aromatic carbocycles. The molecule has 0 spiro atoms. The van der Waals surface area contributed by atoms with Gasteiger partial charge in [0.1, 0.15) is 12.3 Å². The number of hydrogen-bond acceptors (Lipinski definition) is 4. The summed E-state index contributed by atoms with van der Waals surface area (Å²) < 4.78 is 43.8. The van der Waals surface area contributed by atoms with E-state index in [0.717, 1.165) is 79.4 Å². The van der Waals surface area contributed by atoms with Gasteiger partial charge in [0.05, 0.1) is 24.8 Å². The molecule has 3 aromatic rings. The molecular formula is C33H35ClF3N3O3. The summed E-state index contributed by atoms with van der Waals surface area (Å²) in [5, 5.41) is 5.71. The number of aryl methyl sites for hydroxylation is 1. The molecule has 0 aromatic heterocycles. The van der Waals surface area contributed by atoms with Crippen molar-refractivity contribution in [2.24, 2.45) is 0 Å². The number of carbonyl (C=O) groups is 2.